The van der Waals surface area contributed by atoms with Crippen LogP contribution in [0.5, 0.6) is 0 Å². The Morgan fingerprint density at radius 3 is 2.57 bits per heavy atom. The standard InChI is InChI=1S/C20H19Cl2N3O3/c1-4-19(26)24-12(3)8-14-9-16(21)17(22)10-15(14)20(23-24)13-5-6-18(25(27)28)11(2)7-13/h5-7,9-10,12H,4,8H2,1-3H3. The summed E-state index contributed by atoms with van der Waals surface area (Å²) >= 11 is 12.5. The van der Waals surface area contributed by atoms with Gasteiger partial charge in [0.25, 0.3) is 5.69 Å². The van der Waals surface area contributed by atoms with Crippen molar-refractivity contribution in [2.24, 2.45) is 5.10 Å². The van der Waals surface area contributed by atoms with Crippen molar-refractivity contribution in [3.05, 3.63) is 72.7 Å². The molecule has 1 aliphatic rings. The second kappa shape index (κ2) is 7.89. The molecule has 0 bridgehead atoms. The molecule has 0 aliphatic carbocycles. The quantitative estimate of drug-likeness (QED) is 0.509. The number of amides is 1. The second-order valence-corrected chi connectivity index (χ2v) is 7.59. The van der Waals surface area contributed by atoms with E-state index in [0.29, 0.717) is 39.7 Å². The summed E-state index contributed by atoms with van der Waals surface area (Å²) in [4.78, 5) is 23.2. The maximum absolute atomic E-state index is 12.5. The van der Waals surface area contributed by atoms with E-state index < -0.39 is 4.92 Å². The zero-order valence-corrected chi connectivity index (χ0v) is 17.2. The third kappa shape index (κ3) is 3.75. The van der Waals surface area contributed by atoms with Gasteiger partial charge in [0, 0.05) is 29.2 Å². The van der Waals surface area contributed by atoms with Gasteiger partial charge in [-0.1, -0.05) is 30.1 Å². The predicted octanol–water partition coefficient (Wildman–Crippen LogP) is 5.15. The van der Waals surface area contributed by atoms with Gasteiger partial charge in [0.15, 0.2) is 0 Å². The third-order valence-corrected chi connectivity index (χ3v) is 5.49. The van der Waals surface area contributed by atoms with E-state index in [1.807, 2.05) is 6.92 Å². The molecular formula is C20H19Cl2N3O3. The van der Waals surface area contributed by atoms with E-state index in [-0.39, 0.29) is 17.6 Å². The molecule has 2 aromatic carbocycles. The molecule has 0 N–H and O–H groups in total. The summed E-state index contributed by atoms with van der Waals surface area (Å²) in [6.07, 6.45) is 0.884. The van der Waals surface area contributed by atoms with Gasteiger partial charge in [-0.2, -0.15) is 5.10 Å². The van der Waals surface area contributed by atoms with Crippen molar-refractivity contribution < 1.29 is 9.72 Å². The first-order valence-corrected chi connectivity index (χ1v) is 9.62. The van der Waals surface area contributed by atoms with Gasteiger partial charge in [-0.25, -0.2) is 5.01 Å². The lowest BCUT2D eigenvalue weighted by molar-refractivity contribution is -0.385. The molecular weight excluding hydrogens is 401 g/mol. The first kappa shape index (κ1) is 20.3. The molecule has 1 amide bonds. The van der Waals surface area contributed by atoms with Crippen LogP contribution < -0.4 is 0 Å². The Kier molecular flexibility index (Phi) is 5.72. The number of hydrogen-bond acceptors (Lipinski definition) is 4. The molecule has 1 unspecified atom stereocenters. The molecule has 6 nitrogen and oxygen atoms in total. The minimum Gasteiger partial charge on any atom is -0.273 e. The number of benzene rings is 2. The van der Waals surface area contributed by atoms with Gasteiger partial charge < -0.3 is 0 Å². The number of halogens is 2. The summed E-state index contributed by atoms with van der Waals surface area (Å²) in [5.74, 6) is -0.103. The number of fused-ring (bicyclic) bond motifs is 1. The van der Waals surface area contributed by atoms with Crippen molar-refractivity contribution in [2.45, 2.75) is 39.7 Å². The van der Waals surface area contributed by atoms with E-state index in [0.717, 1.165) is 11.1 Å². The Hall–Kier alpha value is -2.44. The average Bonchev–Trinajstić information content (AvgIpc) is 2.77. The lowest BCUT2D eigenvalue weighted by Gasteiger charge is -2.22. The maximum atomic E-state index is 12.5. The predicted molar refractivity (Wildman–Crippen MR) is 110 cm³/mol. The number of carbonyl (C=O) groups is 1. The monoisotopic (exact) mass is 419 g/mol. The molecule has 1 heterocycles. The van der Waals surface area contributed by atoms with Crippen LogP contribution in [0.4, 0.5) is 5.69 Å². The minimum absolute atomic E-state index is 0.0298. The van der Waals surface area contributed by atoms with Crippen LogP contribution in [0, 0.1) is 17.0 Å². The molecule has 2 aromatic rings. The number of hydrazone groups is 1. The fraction of sp³-hybridized carbons (Fsp3) is 0.300. The van der Waals surface area contributed by atoms with E-state index in [4.69, 9.17) is 23.2 Å². The van der Waals surface area contributed by atoms with E-state index in [1.54, 1.807) is 38.1 Å². The fourth-order valence-corrected chi connectivity index (χ4v) is 3.68. The summed E-state index contributed by atoms with van der Waals surface area (Å²) in [6.45, 7) is 5.38. The SMILES string of the molecule is CCC(=O)N1N=C(c2ccc([N+](=O)[O-])c(C)c2)c2cc(Cl)c(Cl)cc2CC1C. The van der Waals surface area contributed by atoms with Gasteiger partial charge in [0.2, 0.25) is 5.91 Å². The summed E-state index contributed by atoms with van der Waals surface area (Å²) in [7, 11) is 0. The maximum Gasteiger partial charge on any atom is 0.272 e. The molecule has 28 heavy (non-hydrogen) atoms. The highest BCUT2D eigenvalue weighted by Crippen LogP contribution is 2.32. The highest BCUT2D eigenvalue weighted by atomic mass is 35.5. The molecule has 1 atom stereocenters. The Labute approximate surface area is 172 Å². The van der Waals surface area contributed by atoms with Crippen LogP contribution in [0.1, 0.15) is 42.5 Å². The van der Waals surface area contributed by atoms with E-state index in [1.165, 1.54) is 11.1 Å². The van der Waals surface area contributed by atoms with Crippen LogP contribution in [0.25, 0.3) is 0 Å². The van der Waals surface area contributed by atoms with Gasteiger partial charge in [0.05, 0.1) is 26.7 Å². The minimum atomic E-state index is -0.423. The highest BCUT2D eigenvalue weighted by Gasteiger charge is 2.27. The molecule has 8 heteroatoms. The Morgan fingerprint density at radius 2 is 1.96 bits per heavy atom. The molecule has 0 radical (unpaired) electrons. The van der Waals surface area contributed by atoms with Crippen LogP contribution in [-0.4, -0.2) is 27.6 Å². The van der Waals surface area contributed by atoms with Gasteiger partial charge >= 0.3 is 0 Å². The number of nitrogens with zero attached hydrogens (tertiary/aromatic N) is 3. The van der Waals surface area contributed by atoms with Crippen LogP contribution in [0.2, 0.25) is 10.0 Å². The van der Waals surface area contributed by atoms with E-state index in [2.05, 4.69) is 5.10 Å². The highest BCUT2D eigenvalue weighted by molar-refractivity contribution is 6.42. The van der Waals surface area contributed by atoms with Crippen molar-refractivity contribution in [3.63, 3.8) is 0 Å². The van der Waals surface area contributed by atoms with Crippen LogP contribution in [0.3, 0.4) is 0 Å². The largest absolute Gasteiger partial charge is 0.273 e. The topological polar surface area (TPSA) is 75.8 Å². The summed E-state index contributed by atoms with van der Waals surface area (Å²) in [5.41, 5.74) is 3.44. The number of nitro benzene ring substituents is 1. The summed E-state index contributed by atoms with van der Waals surface area (Å²) in [6, 6.07) is 8.16. The number of hydrogen-bond donors (Lipinski definition) is 0. The number of aryl methyl sites for hydroxylation is 1. The fourth-order valence-electron chi connectivity index (χ4n) is 3.33. The second-order valence-electron chi connectivity index (χ2n) is 6.78. The Morgan fingerprint density at radius 1 is 1.29 bits per heavy atom. The molecule has 146 valence electrons. The zero-order valence-electron chi connectivity index (χ0n) is 15.7. The van der Waals surface area contributed by atoms with Crippen molar-refractivity contribution in [3.8, 4) is 0 Å². The number of rotatable bonds is 3. The van der Waals surface area contributed by atoms with Gasteiger partial charge in [-0.3, -0.25) is 14.9 Å². The van der Waals surface area contributed by atoms with Crippen LogP contribution >= 0.6 is 23.2 Å². The van der Waals surface area contributed by atoms with Crippen LogP contribution in [0.15, 0.2) is 35.4 Å². The first-order valence-electron chi connectivity index (χ1n) is 8.87. The lowest BCUT2D eigenvalue weighted by Crippen LogP contribution is -2.34. The normalized spacial score (nSPS) is 16.2. The van der Waals surface area contributed by atoms with E-state index >= 15 is 0 Å². The Bertz CT molecular complexity index is 1000. The molecule has 0 spiro atoms. The Balaban J connectivity index is 2.25. The summed E-state index contributed by atoms with van der Waals surface area (Å²) < 4.78 is 0. The van der Waals surface area contributed by atoms with Gasteiger partial charge in [0.1, 0.15) is 0 Å². The van der Waals surface area contributed by atoms with Crippen LogP contribution in [-0.2, 0) is 11.2 Å². The summed E-state index contributed by atoms with van der Waals surface area (Å²) in [5, 5.41) is 18.1. The van der Waals surface area contributed by atoms with E-state index in [9.17, 15) is 14.9 Å². The van der Waals surface area contributed by atoms with Gasteiger partial charge in [-0.05, 0) is 50.1 Å². The lowest BCUT2D eigenvalue weighted by atomic mass is 9.94. The smallest absolute Gasteiger partial charge is 0.272 e. The first-order chi connectivity index (χ1) is 13.2. The van der Waals surface area contributed by atoms with Crippen molar-refractivity contribution in [2.75, 3.05) is 0 Å². The molecule has 0 saturated heterocycles. The van der Waals surface area contributed by atoms with Crippen molar-refractivity contribution in [1.82, 2.24) is 5.01 Å². The molecule has 0 aromatic heterocycles. The molecule has 1 aliphatic heterocycles. The molecule has 0 fully saturated rings. The average molecular weight is 420 g/mol. The van der Waals surface area contributed by atoms with Crippen molar-refractivity contribution in [1.29, 1.82) is 0 Å². The number of carbonyl (C=O) groups excluding carboxylic acids is 1. The zero-order chi connectivity index (χ0) is 20.6. The third-order valence-electron chi connectivity index (χ3n) is 4.77. The molecule has 0 saturated carbocycles. The van der Waals surface area contributed by atoms with Gasteiger partial charge in [-0.15, -0.1) is 0 Å². The molecule has 3 rings (SSSR count). The number of nitro groups is 1. The van der Waals surface area contributed by atoms with Crippen molar-refractivity contribution >= 4 is 40.5 Å².